The number of fused-ring (bicyclic) bond motifs is 5. The number of benzene rings is 1. The molecule has 3 heterocycles. The van der Waals surface area contributed by atoms with Crippen molar-refractivity contribution in [3.63, 3.8) is 0 Å². The lowest BCUT2D eigenvalue weighted by Gasteiger charge is -2.12. The van der Waals surface area contributed by atoms with Gasteiger partial charge in [-0.2, -0.15) is 0 Å². The lowest BCUT2D eigenvalue weighted by molar-refractivity contribution is 0.659. The van der Waals surface area contributed by atoms with E-state index in [1.54, 1.807) is 23.1 Å². The minimum absolute atomic E-state index is 0.108. The van der Waals surface area contributed by atoms with Gasteiger partial charge < -0.3 is 0 Å². The van der Waals surface area contributed by atoms with Gasteiger partial charge in [-0.25, -0.2) is 4.40 Å². The number of thiophene rings is 1. The normalized spacial score (nSPS) is 13.7. The van der Waals surface area contributed by atoms with E-state index in [0.29, 0.717) is 12.3 Å². The molecule has 0 spiro atoms. The van der Waals surface area contributed by atoms with Crippen LogP contribution >= 0.6 is 23.1 Å². The molecule has 5 rings (SSSR count). The molecule has 1 aliphatic carbocycles. The van der Waals surface area contributed by atoms with E-state index < -0.39 is 0 Å². The molecule has 4 aromatic rings. The van der Waals surface area contributed by atoms with Crippen LogP contribution in [0.5, 0.6) is 0 Å². The van der Waals surface area contributed by atoms with Crippen molar-refractivity contribution in [3.05, 3.63) is 56.7 Å². The van der Waals surface area contributed by atoms with Crippen molar-refractivity contribution in [2.45, 2.75) is 82.8 Å². The summed E-state index contributed by atoms with van der Waals surface area (Å²) in [7, 11) is 0. The second-order valence-electron chi connectivity index (χ2n) is 8.96. The molecule has 0 saturated heterocycles. The molecule has 5 nitrogen and oxygen atoms in total. The van der Waals surface area contributed by atoms with Crippen LogP contribution in [0, 0.1) is 0 Å². The maximum absolute atomic E-state index is 13.7. The van der Waals surface area contributed by atoms with Gasteiger partial charge >= 0.3 is 0 Å². The first-order valence-corrected chi connectivity index (χ1v) is 14.2. The molecule has 0 saturated carbocycles. The smallest absolute Gasteiger partial charge is 0.263 e. The predicted octanol–water partition coefficient (Wildman–Crippen LogP) is 6.29. The van der Waals surface area contributed by atoms with Gasteiger partial charge in [0.15, 0.2) is 5.16 Å². The molecule has 0 bridgehead atoms. The van der Waals surface area contributed by atoms with Gasteiger partial charge in [-0.05, 0) is 49.7 Å². The highest BCUT2D eigenvalue weighted by atomic mass is 32.2. The average molecular weight is 481 g/mol. The topological polar surface area (TPSA) is 52.2 Å². The Morgan fingerprint density at radius 1 is 1.03 bits per heavy atom. The van der Waals surface area contributed by atoms with E-state index in [0.717, 1.165) is 40.4 Å². The molecule has 0 amide bonds. The lowest BCUT2D eigenvalue weighted by Crippen LogP contribution is -2.24. The zero-order valence-corrected chi connectivity index (χ0v) is 21.0. The van der Waals surface area contributed by atoms with Gasteiger partial charge in [0.1, 0.15) is 4.83 Å². The summed E-state index contributed by atoms with van der Waals surface area (Å²) in [6.07, 6.45) is 11.6. The van der Waals surface area contributed by atoms with Crippen LogP contribution in [0.25, 0.3) is 16.0 Å². The van der Waals surface area contributed by atoms with Gasteiger partial charge in [-0.15, -0.1) is 21.5 Å². The minimum atomic E-state index is 0.108. The molecule has 0 unspecified atom stereocenters. The fourth-order valence-electron chi connectivity index (χ4n) is 4.82. The largest absolute Gasteiger partial charge is 0.276 e. The number of unbranched alkanes of at least 4 members (excludes halogenated alkanes) is 4. The quantitative estimate of drug-likeness (QED) is 0.198. The number of nitrogens with zero attached hydrogens (tertiary/aromatic N) is 4. The molecule has 174 valence electrons. The Labute approximate surface area is 203 Å². The molecule has 1 aromatic carbocycles. The van der Waals surface area contributed by atoms with Crippen molar-refractivity contribution in [1.29, 1.82) is 0 Å². The van der Waals surface area contributed by atoms with E-state index >= 15 is 0 Å². The molecule has 0 radical (unpaired) electrons. The summed E-state index contributed by atoms with van der Waals surface area (Å²) >= 11 is 3.58. The Morgan fingerprint density at radius 3 is 2.70 bits per heavy atom. The Kier molecular flexibility index (Phi) is 7.16. The first-order valence-electron chi connectivity index (χ1n) is 12.4. The van der Waals surface area contributed by atoms with E-state index in [-0.39, 0.29) is 5.56 Å². The highest BCUT2D eigenvalue weighted by Crippen LogP contribution is 2.36. The third kappa shape index (κ3) is 4.62. The van der Waals surface area contributed by atoms with Crippen molar-refractivity contribution in [1.82, 2.24) is 19.2 Å². The fraction of sp³-hybridized carbons (Fsp3) is 0.500. The van der Waals surface area contributed by atoms with Gasteiger partial charge in [-0.3, -0.25) is 9.36 Å². The second kappa shape index (κ2) is 10.4. The Morgan fingerprint density at radius 2 is 1.85 bits per heavy atom. The maximum atomic E-state index is 13.7. The standard InChI is InChI=1S/C26H32N4OS2/c1-2-3-4-5-11-18-32-26-28-27-25-29(17-16-19-12-7-6-8-13-19)23(31)22-20-14-9-10-15-21(20)33-24(22)30(25)26/h6-8,12-13H,2-5,9-11,14-18H2,1H3. The molecular weight excluding hydrogens is 448 g/mol. The van der Waals surface area contributed by atoms with E-state index in [2.05, 4.69) is 45.8 Å². The summed E-state index contributed by atoms with van der Waals surface area (Å²) < 4.78 is 4.05. The number of hydrogen-bond acceptors (Lipinski definition) is 5. The zero-order valence-electron chi connectivity index (χ0n) is 19.4. The predicted molar refractivity (Wildman–Crippen MR) is 139 cm³/mol. The van der Waals surface area contributed by atoms with Gasteiger partial charge in [0, 0.05) is 17.2 Å². The average Bonchev–Trinajstić information content (AvgIpc) is 3.43. The van der Waals surface area contributed by atoms with Gasteiger partial charge in [-0.1, -0.05) is 74.7 Å². The SMILES string of the molecule is CCCCCCCSc1nnc2n(CCc3ccccc3)c(=O)c3c4c(sc3n12)CCCC4. The Balaban J connectivity index is 1.53. The molecule has 1 aliphatic rings. The zero-order chi connectivity index (χ0) is 22.6. The van der Waals surface area contributed by atoms with Crippen molar-refractivity contribution in [2.24, 2.45) is 0 Å². The molecule has 33 heavy (non-hydrogen) atoms. The summed E-state index contributed by atoms with van der Waals surface area (Å²) in [5.41, 5.74) is 2.62. The van der Waals surface area contributed by atoms with Crippen molar-refractivity contribution >= 4 is 39.1 Å². The van der Waals surface area contributed by atoms with E-state index in [4.69, 9.17) is 0 Å². The summed E-state index contributed by atoms with van der Waals surface area (Å²) in [4.78, 5) is 16.2. The first kappa shape index (κ1) is 22.7. The summed E-state index contributed by atoms with van der Waals surface area (Å²) in [6, 6.07) is 10.4. The number of aromatic nitrogens is 4. The number of thioether (sulfide) groups is 1. The highest BCUT2D eigenvalue weighted by molar-refractivity contribution is 7.99. The molecule has 0 aliphatic heterocycles. The van der Waals surface area contributed by atoms with E-state index in [1.165, 1.54) is 60.9 Å². The van der Waals surface area contributed by atoms with Crippen LogP contribution < -0.4 is 5.56 Å². The second-order valence-corrected chi connectivity index (χ2v) is 11.1. The molecule has 0 atom stereocenters. The van der Waals surface area contributed by atoms with Crippen LogP contribution in [0.3, 0.4) is 0 Å². The van der Waals surface area contributed by atoms with Crippen molar-refractivity contribution < 1.29 is 0 Å². The van der Waals surface area contributed by atoms with E-state index in [1.807, 2.05) is 10.6 Å². The van der Waals surface area contributed by atoms with Gasteiger partial charge in [0.25, 0.3) is 5.56 Å². The fourth-order valence-corrected chi connectivity index (χ4v) is 7.19. The highest BCUT2D eigenvalue weighted by Gasteiger charge is 2.24. The maximum Gasteiger partial charge on any atom is 0.263 e. The van der Waals surface area contributed by atoms with E-state index in [9.17, 15) is 4.79 Å². The number of aryl methyl sites for hydroxylation is 4. The Bertz CT molecular complexity index is 1290. The van der Waals surface area contributed by atoms with Gasteiger partial charge in [0.05, 0.1) is 5.39 Å². The molecule has 0 fully saturated rings. The van der Waals surface area contributed by atoms with Crippen LogP contribution in [0.15, 0.2) is 40.3 Å². The van der Waals surface area contributed by atoms with Crippen molar-refractivity contribution in [3.8, 4) is 0 Å². The number of rotatable bonds is 10. The lowest BCUT2D eigenvalue weighted by atomic mass is 9.97. The summed E-state index contributed by atoms with van der Waals surface area (Å²) in [6.45, 7) is 2.87. The third-order valence-electron chi connectivity index (χ3n) is 6.62. The van der Waals surface area contributed by atoms with Crippen molar-refractivity contribution in [2.75, 3.05) is 5.75 Å². The third-order valence-corrected chi connectivity index (χ3v) is 8.91. The molecular formula is C26H32N4OS2. The van der Waals surface area contributed by atoms with Crippen LogP contribution in [0.1, 0.15) is 67.9 Å². The van der Waals surface area contributed by atoms with Crippen LogP contribution in [-0.4, -0.2) is 24.9 Å². The summed E-state index contributed by atoms with van der Waals surface area (Å²) in [5, 5.41) is 10.9. The molecule has 3 aromatic heterocycles. The minimum Gasteiger partial charge on any atom is -0.276 e. The number of hydrogen-bond donors (Lipinski definition) is 0. The summed E-state index contributed by atoms with van der Waals surface area (Å²) in [5.74, 6) is 1.73. The monoisotopic (exact) mass is 480 g/mol. The Hall–Kier alpha value is -2.12. The van der Waals surface area contributed by atoms with Crippen LogP contribution in [-0.2, 0) is 25.8 Å². The van der Waals surface area contributed by atoms with Crippen LogP contribution in [0.2, 0.25) is 0 Å². The van der Waals surface area contributed by atoms with Crippen LogP contribution in [0.4, 0.5) is 0 Å². The van der Waals surface area contributed by atoms with Gasteiger partial charge in [0.2, 0.25) is 5.78 Å². The first-order chi connectivity index (χ1) is 16.3. The molecule has 0 N–H and O–H groups in total. The molecule has 7 heteroatoms.